The highest BCUT2D eigenvalue weighted by Crippen LogP contribution is 2.05. The van der Waals surface area contributed by atoms with Gasteiger partial charge in [0.05, 0.1) is 12.8 Å². The number of nitrogens with one attached hydrogen (secondary N) is 1. The van der Waals surface area contributed by atoms with E-state index >= 15 is 0 Å². The van der Waals surface area contributed by atoms with E-state index in [-0.39, 0.29) is 18.1 Å². The maximum absolute atomic E-state index is 11.8. The van der Waals surface area contributed by atoms with Gasteiger partial charge in [0.1, 0.15) is 6.54 Å². The van der Waals surface area contributed by atoms with Crippen LogP contribution in [0.25, 0.3) is 0 Å². The van der Waals surface area contributed by atoms with Crippen molar-refractivity contribution in [2.24, 2.45) is 0 Å². The van der Waals surface area contributed by atoms with Crippen LogP contribution in [0.4, 0.5) is 0 Å². The third-order valence-electron chi connectivity index (χ3n) is 2.89. The lowest BCUT2D eigenvalue weighted by molar-refractivity contribution is -0.122. The number of carbonyl (C=O) groups is 2. The van der Waals surface area contributed by atoms with E-state index in [9.17, 15) is 9.59 Å². The van der Waals surface area contributed by atoms with Crippen LogP contribution in [0, 0.1) is 0 Å². The number of nitrogens with zero attached hydrogens (tertiary/aromatic N) is 3. The SMILES string of the molecule is COCc1ccc(CNC(=O)Cn2cc(C(=O)O)nn2)cc1. The van der Waals surface area contributed by atoms with Gasteiger partial charge >= 0.3 is 5.97 Å². The number of methoxy groups -OCH3 is 1. The van der Waals surface area contributed by atoms with Gasteiger partial charge in [-0.2, -0.15) is 0 Å². The van der Waals surface area contributed by atoms with Gasteiger partial charge in [-0.15, -0.1) is 5.10 Å². The predicted molar refractivity (Wildman–Crippen MR) is 76.0 cm³/mol. The predicted octanol–water partition coefficient (Wildman–Crippen LogP) is 0.439. The zero-order chi connectivity index (χ0) is 15.9. The first-order valence-corrected chi connectivity index (χ1v) is 6.55. The van der Waals surface area contributed by atoms with Gasteiger partial charge in [0.15, 0.2) is 5.69 Å². The second kappa shape index (κ2) is 7.32. The number of aromatic nitrogens is 3. The molecule has 22 heavy (non-hydrogen) atoms. The number of hydrogen-bond acceptors (Lipinski definition) is 5. The van der Waals surface area contributed by atoms with Crippen molar-refractivity contribution in [3.8, 4) is 0 Å². The van der Waals surface area contributed by atoms with Gasteiger partial charge in [0.25, 0.3) is 0 Å². The molecule has 0 saturated heterocycles. The molecule has 0 aliphatic heterocycles. The minimum atomic E-state index is -1.18. The van der Waals surface area contributed by atoms with Crippen LogP contribution in [0.5, 0.6) is 0 Å². The van der Waals surface area contributed by atoms with Gasteiger partial charge in [0.2, 0.25) is 5.91 Å². The minimum absolute atomic E-state index is 0.0813. The van der Waals surface area contributed by atoms with Crippen LogP contribution in [0.3, 0.4) is 0 Å². The maximum atomic E-state index is 11.8. The first-order chi connectivity index (χ1) is 10.6. The lowest BCUT2D eigenvalue weighted by Gasteiger charge is -2.06. The van der Waals surface area contributed by atoms with Crippen molar-refractivity contribution in [3.63, 3.8) is 0 Å². The summed E-state index contributed by atoms with van der Waals surface area (Å²) in [4.78, 5) is 22.4. The summed E-state index contributed by atoms with van der Waals surface area (Å²) < 4.78 is 6.21. The molecule has 1 amide bonds. The molecule has 0 bridgehead atoms. The monoisotopic (exact) mass is 304 g/mol. The molecule has 116 valence electrons. The number of carbonyl (C=O) groups excluding carboxylic acids is 1. The highest BCUT2D eigenvalue weighted by molar-refractivity contribution is 5.84. The number of hydrogen-bond donors (Lipinski definition) is 2. The van der Waals surface area contributed by atoms with Crippen LogP contribution >= 0.6 is 0 Å². The average molecular weight is 304 g/mol. The lowest BCUT2D eigenvalue weighted by Crippen LogP contribution is -2.27. The van der Waals surface area contributed by atoms with Crippen LogP contribution in [-0.4, -0.2) is 39.1 Å². The molecule has 0 spiro atoms. The Labute approximate surface area is 126 Å². The first-order valence-electron chi connectivity index (χ1n) is 6.55. The van der Waals surface area contributed by atoms with Crippen molar-refractivity contribution in [2.75, 3.05) is 7.11 Å². The van der Waals surface area contributed by atoms with Crippen LogP contribution < -0.4 is 5.32 Å². The van der Waals surface area contributed by atoms with E-state index in [0.717, 1.165) is 11.1 Å². The molecule has 1 heterocycles. The van der Waals surface area contributed by atoms with Crippen molar-refractivity contribution in [1.29, 1.82) is 0 Å². The third-order valence-corrected chi connectivity index (χ3v) is 2.89. The second-order valence-electron chi connectivity index (χ2n) is 4.63. The Kier molecular flexibility index (Phi) is 5.21. The van der Waals surface area contributed by atoms with Crippen LogP contribution in [0.2, 0.25) is 0 Å². The van der Waals surface area contributed by atoms with Crippen LogP contribution in [0.1, 0.15) is 21.6 Å². The fourth-order valence-electron chi connectivity index (χ4n) is 1.80. The van der Waals surface area contributed by atoms with E-state index in [2.05, 4.69) is 15.6 Å². The van der Waals surface area contributed by atoms with E-state index in [4.69, 9.17) is 9.84 Å². The molecule has 0 saturated carbocycles. The molecule has 2 aromatic rings. The van der Waals surface area contributed by atoms with E-state index < -0.39 is 5.97 Å². The summed E-state index contributed by atoms with van der Waals surface area (Å²) in [5.74, 6) is -1.45. The standard InChI is InChI=1S/C14H16N4O4/c1-22-9-11-4-2-10(3-5-11)6-15-13(19)8-18-7-12(14(20)21)16-17-18/h2-5,7H,6,8-9H2,1H3,(H,15,19)(H,20,21). The fraction of sp³-hybridized carbons (Fsp3) is 0.286. The normalized spacial score (nSPS) is 10.4. The minimum Gasteiger partial charge on any atom is -0.476 e. The van der Waals surface area contributed by atoms with Crippen molar-refractivity contribution in [3.05, 3.63) is 47.3 Å². The van der Waals surface area contributed by atoms with Crippen molar-refractivity contribution >= 4 is 11.9 Å². The van der Waals surface area contributed by atoms with E-state index in [1.54, 1.807) is 7.11 Å². The number of carboxylic acid groups (broad SMARTS) is 1. The second-order valence-corrected chi connectivity index (χ2v) is 4.63. The molecular formula is C14H16N4O4. The number of rotatable bonds is 7. The van der Waals surface area contributed by atoms with Gasteiger partial charge in [0, 0.05) is 13.7 Å². The van der Waals surface area contributed by atoms with Gasteiger partial charge in [-0.25, -0.2) is 9.48 Å². The van der Waals surface area contributed by atoms with Crippen LogP contribution in [0.15, 0.2) is 30.5 Å². The van der Waals surface area contributed by atoms with E-state index in [0.29, 0.717) is 13.2 Å². The number of amides is 1. The molecule has 0 unspecified atom stereocenters. The summed E-state index contributed by atoms with van der Waals surface area (Å²) in [5, 5.41) is 18.5. The highest BCUT2D eigenvalue weighted by atomic mass is 16.5. The fourth-order valence-corrected chi connectivity index (χ4v) is 1.80. The summed E-state index contributed by atoms with van der Waals surface area (Å²) >= 11 is 0. The van der Waals surface area contributed by atoms with Crippen LogP contribution in [-0.2, 0) is 29.2 Å². The molecule has 0 atom stereocenters. The molecule has 8 heteroatoms. The zero-order valence-corrected chi connectivity index (χ0v) is 12.0. The Morgan fingerprint density at radius 2 is 1.95 bits per heavy atom. The van der Waals surface area contributed by atoms with Gasteiger partial charge in [-0.1, -0.05) is 29.5 Å². The van der Waals surface area contributed by atoms with E-state index in [1.807, 2.05) is 24.3 Å². The Hall–Kier alpha value is -2.74. The molecule has 1 aromatic heterocycles. The Bertz CT molecular complexity index is 651. The van der Waals surface area contributed by atoms with Crippen molar-refractivity contribution in [1.82, 2.24) is 20.3 Å². The average Bonchev–Trinajstić information content (AvgIpc) is 2.95. The zero-order valence-electron chi connectivity index (χ0n) is 12.0. The number of benzene rings is 1. The largest absolute Gasteiger partial charge is 0.476 e. The highest BCUT2D eigenvalue weighted by Gasteiger charge is 2.10. The van der Waals surface area contributed by atoms with Crippen molar-refractivity contribution in [2.45, 2.75) is 19.7 Å². The molecular weight excluding hydrogens is 288 g/mol. The molecule has 0 radical (unpaired) electrons. The summed E-state index contributed by atoms with van der Waals surface area (Å²) in [7, 11) is 1.63. The molecule has 0 aliphatic rings. The summed E-state index contributed by atoms with van der Waals surface area (Å²) in [6.45, 7) is 0.847. The Balaban J connectivity index is 1.82. The summed E-state index contributed by atoms with van der Waals surface area (Å²) in [6.07, 6.45) is 1.21. The molecule has 2 N–H and O–H groups in total. The topological polar surface area (TPSA) is 106 Å². The molecule has 2 rings (SSSR count). The Morgan fingerprint density at radius 1 is 1.27 bits per heavy atom. The Morgan fingerprint density at radius 3 is 2.55 bits per heavy atom. The molecule has 8 nitrogen and oxygen atoms in total. The molecule has 1 aromatic carbocycles. The summed E-state index contributed by atoms with van der Waals surface area (Å²) in [6, 6.07) is 7.68. The number of ether oxygens (including phenoxy) is 1. The van der Waals surface area contributed by atoms with E-state index in [1.165, 1.54) is 10.9 Å². The number of carboxylic acids is 1. The van der Waals surface area contributed by atoms with Gasteiger partial charge < -0.3 is 15.2 Å². The smallest absolute Gasteiger partial charge is 0.358 e. The molecule has 0 aliphatic carbocycles. The number of aromatic carboxylic acids is 1. The summed E-state index contributed by atoms with van der Waals surface area (Å²) in [5.41, 5.74) is 1.82. The van der Waals surface area contributed by atoms with Gasteiger partial charge in [-0.05, 0) is 11.1 Å². The molecule has 0 fully saturated rings. The quantitative estimate of drug-likeness (QED) is 0.768. The lowest BCUT2D eigenvalue weighted by atomic mass is 10.1. The third kappa shape index (κ3) is 4.38. The van der Waals surface area contributed by atoms with Gasteiger partial charge in [-0.3, -0.25) is 4.79 Å². The van der Waals surface area contributed by atoms with Crippen molar-refractivity contribution < 1.29 is 19.4 Å². The first kappa shape index (κ1) is 15.6. The maximum Gasteiger partial charge on any atom is 0.358 e.